The summed E-state index contributed by atoms with van der Waals surface area (Å²) in [5.41, 5.74) is 5.96. The fourth-order valence-electron chi connectivity index (χ4n) is 2.21. The Morgan fingerprint density at radius 1 is 1.60 bits per heavy atom. The van der Waals surface area contributed by atoms with Crippen molar-refractivity contribution in [3.63, 3.8) is 0 Å². The maximum Gasteiger partial charge on any atom is 0.122 e. The van der Waals surface area contributed by atoms with Crippen LogP contribution in [0.1, 0.15) is 25.6 Å². The minimum Gasteiger partial charge on any atom is -0.334 e. The molecule has 1 atom stereocenters. The maximum absolute atomic E-state index is 5.96. The van der Waals surface area contributed by atoms with Gasteiger partial charge in [-0.25, -0.2) is 4.98 Å². The molecule has 0 saturated carbocycles. The number of likely N-dealkylation sites (tertiary alicyclic amines) is 1. The topological polar surface area (TPSA) is 47.1 Å². The van der Waals surface area contributed by atoms with Crippen molar-refractivity contribution >= 4 is 0 Å². The van der Waals surface area contributed by atoms with E-state index in [2.05, 4.69) is 21.4 Å². The Morgan fingerprint density at radius 3 is 3.20 bits per heavy atom. The molecule has 15 heavy (non-hydrogen) atoms. The van der Waals surface area contributed by atoms with Crippen LogP contribution in [0, 0.1) is 0 Å². The van der Waals surface area contributed by atoms with E-state index in [1.807, 2.05) is 12.4 Å². The van der Waals surface area contributed by atoms with E-state index in [1.54, 1.807) is 0 Å². The predicted octanol–water partition coefficient (Wildman–Crippen LogP) is 0.826. The SMILES string of the molecule is CCn1ccnc1CN1CCC[C@@H](N)C1. The van der Waals surface area contributed by atoms with Crippen LogP contribution < -0.4 is 5.73 Å². The summed E-state index contributed by atoms with van der Waals surface area (Å²) in [5, 5.41) is 0. The van der Waals surface area contributed by atoms with Crippen LogP contribution in [-0.2, 0) is 13.1 Å². The molecule has 1 aliphatic heterocycles. The van der Waals surface area contributed by atoms with Gasteiger partial charge in [0.2, 0.25) is 0 Å². The van der Waals surface area contributed by atoms with Crippen molar-refractivity contribution in [2.24, 2.45) is 5.73 Å². The third-order valence-electron chi connectivity index (χ3n) is 3.05. The number of rotatable bonds is 3. The van der Waals surface area contributed by atoms with Crippen molar-refractivity contribution in [3.8, 4) is 0 Å². The molecule has 0 aromatic carbocycles. The zero-order chi connectivity index (χ0) is 10.7. The molecule has 2 N–H and O–H groups in total. The molecule has 0 radical (unpaired) electrons. The van der Waals surface area contributed by atoms with Crippen molar-refractivity contribution in [1.29, 1.82) is 0 Å². The van der Waals surface area contributed by atoms with Crippen LogP contribution in [0.5, 0.6) is 0 Å². The lowest BCUT2D eigenvalue weighted by Gasteiger charge is -2.30. The summed E-state index contributed by atoms with van der Waals surface area (Å²) < 4.78 is 2.19. The normalized spacial score (nSPS) is 23.2. The van der Waals surface area contributed by atoms with Gasteiger partial charge in [-0.3, -0.25) is 4.90 Å². The molecule has 1 saturated heterocycles. The Balaban J connectivity index is 1.96. The van der Waals surface area contributed by atoms with Gasteiger partial charge in [-0.05, 0) is 26.3 Å². The Labute approximate surface area is 91.1 Å². The number of hydrogen-bond acceptors (Lipinski definition) is 3. The highest BCUT2D eigenvalue weighted by atomic mass is 15.2. The van der Waals surface area contributed by atoms with Gasteiger partial charge in [-0.2, -0.15) is 0 Å². The molecule has 84 valence electrons. The quantitative estimate of drug-likeness (QED) is 0.800. The van der Waals surface area contributed by atoms with E-state index in [-0.39, 0.29) is 0 Å². The summed E-state index contributed by atoms with van der Waals surface area (Å²) in [5.74, 6) is 1.16. The van der Waals surface area contributed by atoms with Crippen LogP contribution in [0.3, 0.4) is 0 Å². The van der Waals surface area contributed by atoms with Gasteiger partial charge in [-0.1, -0.05) is 0 Å². The third kappa shape index (κ3) is 2.58. The summed E-state index contributed by atoms with van der Waals surface area (Å²) in [7, 11) is 0. The first-order valence-corrected chi connectivity index (χ1v) is 5.77. The van der Waals surface area contributed by atoms with Gasteiger partial charge in [0.15, 0.2) is 0 Å². The molecule has 2 heterocycles. The number of piperidine rings is 1. The van der Waals surface area contributed by atoms with Crippen molar-refractivity contribution in [3.05, 3.63) is 18.2 Å². The van der Waals surface area contributed by atoms with Gasteiger partial charge in [-0.15, -0.1) is 0 Å². The zero-order valence-corrected chi connectivity index (χ0v) is 9.39. The van der Waals surface area contributed by atoms with Crippen LogP contribution in [0.25, 0.3) is 0 Å². The number of aryl methyl sites for hydroxylation is 1. The smallest absolute Gasteiger partial charge is 0.122 e. The van der Waals surface area contributed by atoms with E-state index >= 15 is 0 Å². The second kappa shape index (κ2) is 4.77. The zero-order valence-electron chi connectivity index (χ0n) is 9.39. The van der Waals surface area contributed by atoms with Gasteiger partial charge < -0.3 is 10.3 Å². The molecule has 4 heteroatoms. The van der Waals surface area contributed by atoms with Crippen LogP contribution >= 0.6 is 0 Å². The maximum atomic E-state index is 5.96. The molecule has 0 bridgehead atoms. The third-order valence-corrected chi connectivity index (χ3v) is 3.05. The average Bonchev–Trinajstić information content (AvgIpc) is 2.65. The Morgan fingerprint density at radius 2 is 2.47 bits per heavy atom. The number of aromatic nitrogens is 2. The Bertz CT molecular complexity index is 307. The highest BCUT2D eigenvalue weighted by Crippen LogP contribution is 2.11. The van der Waals surface area contributed by atoms with Gasteiger partial charge in [0.1, 0.15) is 5.82 Å². The predicted molar refractivity (Wildman–Crippen MR) is 60.4 cm³/mol. The molecular weight excluding hydrogens is 188 g/mol. The van der Waals surface area contributed by atoms with Gasteiger partial charge >= 0.3 is 0 Å². The van der Waals surface area contributed by atoms with Crippen molar-refractivity contribution in [2.75, 3.05) is 13.1 Å². The molecule has 1 aromatic rings. The first-order valence-electron chi connectivity index (χ1n) is 5.77. The lowest BCUT2D eigenvalue weighted by molar-refractivity contribution is 0.195. The molecule has 1 fully saturated rings. The highest BCUT2D eigenvalue weighted by Gasteiger charge is 2.17. The minimum absolute atomic E-state index is 0.351. The van der Waals surface area contributed by atoms with Crippen molar-refractivity contribution in [1.82, 2.24) is 14.5 Å². The largest absolute Gasteiger partial charge is 0.334 e. The number of imidazole rings is 1. The van der Waals surface area contributed by atoms with E-state index < -0.39 is 0 Å². The molecule has 0 unspecified atom stereocenters. The number of nitrogens with two attached hydrogens (primary N) is 1. The van der Waals surface area contributed by atoms with Crippen LogP contribution in [0.15, 0.2) is 12.4 Å². The van der Waals surface area contributed by atoms with E-state index in [0.717, 1.165) is 32.0 Å². The van der Waals surface area contributed by atoms with E-state index in [0.29, 0.717) is 6.04 Å². The molecule has 0 spiro atoms. The molecule has 1 aromatic heterocycles. The fraction of sp³-hybridized carbons (Fsp3) is 0.727. The highest BCUT2D eigenvalue weighted by molar-refractivity contribution is 4.93. The standard InChI is InChI=1S/C11H20N4/c1-2-15-7-5-13-11(15)9-14-6-3-4-10(12)8-14/h5,7,10H,2-4,6,8-9,12H2,1H3/t10-/m1/s1. The molecule has 0 aliphatic carbocycles. The molecule has 2 rings (SSSR count). The molecule has 4 nitrogen and oxygen atoms in total. The minimum atomic E-state index is 0.351. The summed E-state index contributed by atoms with van der Waals surface area (Å²) in [6, 6.07) is 0.351. The fourth-order valence-corrected chi connectivity index (χ4v) is 2.21. The molecular formula is C11H20N4. The van der Waals surface area contributed by atoms with Crippen LogP contribution in [-0.4, -0.2) is 33.6 Å². The first-order chi connectivity index (χ1) is 7.29. The van der Waals surface area contributed by atoms with E-state index in [4.69, 9.17) is 5.73 Å². The van der Waals surface area contributed by atoms with Gasteiger partial charge in [0.25, 0.3) is 0 Å². The number of nitrogens with zero attached hydrogens (tertiary/aromatic N) is 3. The number of hydrogen-bond donors (Lipinski definition) is 1. The Kier molecular flexibility index (Phi) is 3.38. The average molecular weight is 208 g/mol. The van der Waals surface area contributed by atoms with Crippen molar-refractivity contribution in [2.45, 2.75) is 38.9 Å². The van der Waals surface area contributed by atoms with Gasteiger partial charge in [0, 0.05) is 31.5 Å². The van der Waals surface area contributed by atoms with E-state index in [1.165, 1.54) is 12.8 Å². The Hall–Kier alpha value is -0.870. The van der Waals surface area contributed by atoms with Gasteiger partial charge in [0.05, 0.1) is 6.54 Å². The summed E-state index contributed by atoms with van der Waals surface area (Å²) in [6.07, 6.45) is 6.30. The van der Waals surface area contributed by atoms with Crippen LogP contribution in [0.2, 0.25) is 0 Å². The second-order valence-corrected chi connectivity index (χ2v) is 4.27. The first kappa shape index (κ1) is 10.6. The lowest BCUT2D eigenvalue weighted by atomic mass is 10.1. The lowest BCUT2D eigenvalue weighted by Crippen LogP contribution is -2.42. The monoisotopic (exact) mass is 208 g/mol. The summed E-state index contributed by atoms with van der Waals surface area (Å²) in [4.78, 5) is 6.79. The molecule has 1 aliphatic rings. The van der Waals surface area contributed by atoms with E-state index in [9.17, 15) is 0 Å². The summed E-state index contributed by atoms with van der Waals surface area (Å²) in [6.45, 7) is 6.25. The molecule has 0 amide bonds. The van der Waals surface area contributed by atoms with Crippen molar-refractivity contribution < 1.29 is 0 Å². The van der Waals surface area contributed by atoms with Crippen LogP contribution in [0.4, 0.5) is 0 Å². The second-order valence-electron chi connectivity index (χ2n) is 4.27. The summed E-state index contributed by atoms with van der Waals surface area (Å²) >= 11 is 0.